The fraction of sp³-hybridized carbons (Fsp3) is 1.00. The summed E-state index contributed by atoms with van der Waals surface area (Å²) in [6.07, 6.45) is 5.79. The van der Waals surface area contributed by atoms with Crippen molar-refractivity contribution in [3.63, 3.8) is 0 Å². The van der Waals surface area contributed by atoms with Gasteiger partial charge in [-0.3, -0.25) is 0 Å². The summed E-state index contributed by atoms with van der Waals surface area (Å²) in [6.45, 7) is 4.05. The molecule has 0 fully saturated rings. The summed E-state index contributed by atoms with van der Waals surface area (Å²) in [5.41, 5.74) is 5.61. The standard InChI is InChI=1S/C10H24N2O/c1-2-3-4-6-10(9-11)12-7-5-8-13/h10,12-13H,2-9,11H2,1H3. The molecule has 0 aliphatic heterocycles. The van der Waals surface area contributed by atoms with Crippen LogP contribution < -0.4 is 11.1 Å². The van der Waals surface area contributed by atoms with Crippen LogP contribution in [0.5, 0.6) is 0 Å². The first kappa shape index (κ1) is 12.9. The number of nitrogens with one attached hydrogen (secondary N) is 1. The fourth-order valence-electron chi connectivity index (χ4n) is 1.33. The third kappa shape index (κ3) is 8.22. The number of aliphatic hydroxyl groups excluding tert-OH is 1. The van der Waals surface area contributed by atoms with E-state index in [4.69, 9.17) is 10.8 Å². The van der Waals surface area contributed by atoms with Gasteiger partial charge >= 0.3 is 0 Å². The normalized spacial score (nSPS) is 13.2. The van der Waals surface area contributed by atoms with Gasteiger partial charge in [-0.1, -0.05) is 26.2 Å². The molecule has 0 saturated carbocycles. The number of hydrogen-bond acceptors (Lipinski definition) is 3. The largest absolute Gasteiger partial charge is 0.396 e. The van der Waals surface area contributed by atoms with Crippen molar-refractivity contribution in [1.29, 1.82) is 0 Å². The minimum Gasteiger partial charge on any atom is -0.396 e. The first-order valence-corrected chi connectivity index (χ1v) is 5.39. The Hall–Kier alpha value is -0.120. The van der Waals surface area contributed by atoms with Crippen molar-refractivity contribution in [1.82, 2.24) is 5.32 Å². The molecule has 4 N–H and O–H groups in total. The van der Waals surface area contributed by atoms with Gasteiger partial charge in [0, 0.05) is 19.2 Å². The van der Waals surface area contributed by atoms with E-state index in [-0.39, 0.29) is 6.61 Å². The molecule has 13 heavy (non-hydrogen) atoms. The molecule has 0 aliphatic carbocycles. The molecule has 0 saturated heterocycles. The molecule has 0 aromatic carbocycles. The monoisotopic (exact) mass is 188 g/mol. The van der Waals surface area contributed by atoms with E-state index in [2.05, 4.69) is 12.2 Å². The Morgan fingerprint density at radius 1 is 1.31 bits per heavy atom. The predicted octanol–water partition coefficient (Wildman–Crippen LogP) is 0.866. The lowest BCUT2D eigenvalue weighted by molar-refractivity contribution is 0.282. The minimum absolute atomic E-state index is 0.263. The van der Waals surface area contributed by atoms with E-state index in [1.165, 1.54) is 19.3 Å². The lowest BCUT2D eigenvalue weighted by atomic mass is 10.1. The maximum Gasteiger partial charge on any atom is 0.0443 e. The number of unbranched alkanes of at least 4 members (excludes halogenated alkanes) is 2. The third-order valence-electron chi connectivity index (χ3n) is 2.21. The van der Waals surface area contributed by atoms with Crippen LogP contribution in [0.25, 0.3) is 0 Å². The Labute approximate surface area is 81.7 Å². The molecule has 1 unspecified atom stereocenters. The highest BCUT2D eigenvalue weighted by molar-refractivity contribution is 4.67. The van der Waals surface area contributed by atoms with Crippen molar-refractivity contribution in [2.24, 2.45) is 5.73 Å². The lowest BCUT2D eigenvalue weighted by Gasteiger charge is -2.15. The number of nitrogens with two attached hydrogens (primary N) is 1. The van der Waals surface area contributed by atoms with Gasteiger partial charge in [0.1, 0.15) is 0 Å². The van der Waals surface area contributed by atoms with Gasteiger partial charge in [-0.2, -0.15) is 0 Å². The van der Waals surface area contributed by atoms with Crippen molar-refractivity contribution in [2.75, 3.05) is 19.7 Å². The summed E-state index contributed by atoms with van der Waals surface area (Å²) in [7, 11) is 0. The minimum atomic E-state index is 0.263. The fourth-order valence-corrected chi connectivity index (χ4v) is 1.33. The molecule has 3 nitrogen and oxygen atoms in total. The Balaban J connectivity index is 3.28. The Morgan fingerprint density at radius 2 is 2.08 bits per heavy atom. The summed E-state index contributed by atoms with van der Waals surface area (Å²) < 4.78 is 0. The summed E-state index contributed by atoms with van der Waals surface area (Å²) in [4.78, 5) is 0. The highest BCUT2D eigenvalue weighted by atomic mass is 16.3. The lowest BCUT2D eigenvalue weighted by Crippen LogP contribution is -2.36. The van der Waals surface area contributed by atoms with Gasteiger partial charge < -0.3 is 16.2 Å². The Bertz CT molecular complexity index is 88.9. The van der Waals surface area contributed by atoms with Crippen molar-refractivity contribution < 1.29 is 5.11 Å². The first-order chi connectivity index (χ1) is 6.35. The van der Waals surface area contributed by atoms with Crippen LogP contribution in [0.1, 0.15) is 39.0 Å². The summed E-state index contributed by atoms with van der Waals surface area (Å²) >= 11 is 0. The molecule has 0 rings (SSSR count). The number of aliphatic hydroxyl groups is 1. The molecular weight excluding hydrogens is 164 g/mol. The van der Waals surface area contributed by atoms with Crippen LogP contribution in [-0.2, 0) is 0 Å². The number of hydrogen-bond donors (Lipinski definition) is 3. The van der Waals surface area contributed by atoms with Crippen LogP contribution in [0.4, 0.5) is 0 Å². The van der Waals surface area contributed by atoms with Crippen LogP contribution in [-0.4, -0.2) is 30.8 Å². The smallest absolute Gasteiger partial charge is 0.0443 e. The van der Waals surface area contributed by atoms with E-state index in [1.807, 2.05) is 0 Å². The van der Waals surface area contributed by atoms with Crippen LogP contribution in [0.2, 0.25) is 0 Å². The molecular formula is C10H24N2O. The molecule has 0 amide bonds. The topological polar surface area (TPSA) is 58.3 Å². The van der Waals surface area contributed by atoms with Crippen molar-refractivity contribution in [2.45, 2.75) is 45.1 Å². The molecule has 0 radical (unpaired) electrons. The van der Waals surface area contributed by atoms with E-state index < -0.39 is 0 Å². The van der Waals surface area contributed by atoms with E-state index in [0.29, 0.717) is 12.6 Å². The molecule has 0 bridgehead atoms. The predicted molar refractivity (Wildman–Crippen MR) is 56.7 cm³/mol. The van der Waals surface area contributed by atoms with E-state index in [0.717, 1.165) is 19.4 Å². The molecule has 3 heteroatoms. The van der Waals surface area contributed by atoms with Gasteiger partial charge in [0.2, 0.25) is 0 Å². The zero-order valence-electron chi connectivity index (χ0n) is 8.76. The quantitative estimate of drug-likeness (QED) is 0.470. The van der Waals surface area contributed by atoms with Crippen LogP contribution in [0.3, 0.4) is 0 Å². The molecule has 0 aromatic rings. The van der Waals surface area contributed by atoms with Crippen molar-refractivity contribution in [3.05, 3.63) is 0 Å². The van der Waals surface area contributed by atoms with Gasteiger partial charge in [0.25, 0.3) is 0 Å². The summed E-state index contributed by atoms with van der Waals surface area (Å²) in [5, 5.41) is 11.9. The second-order valence-corrected chi connectivity index (χ2v) is 3.46. The zero-order valence-corrected chi connectivity index (χ0v) is 8.76. The van der Waals surface area contributed by atoms with Crippen molar-refractivity contribution in [3.8, 4) is 0 Å². The van der Waals surface area contributed by atoms with Gasteiger partial charge in [0.05, 0.1) is 0 Å². The summed E-state index contributed by atoms with van der Waals surface area (Å²) in [6, 6.07) is 0.443. The highest BCUT2D eigenvalue weighted by Crippen LogP contribution is 2.02. The van der Waals surface area contributed by atoms with Crippen LogP contribution >= 0.6 is 0 Å². The second-order valence-electron chi connectivity index (χ2n) is 3.46. The number of rotatable bonds is 9. The molecule has 0 aliphatic rings. The van der Waals surface area contributed by atoms with Gasteiger partial charge in [-0.25, -0.2) is 0 Å². The van der Waals surface area contributed by atoms with Crippen molar-refractivity contribution >= 4 is 0 Å². The van der Waals surface area contributed by atoms with Crippen LogP contribution in [0.15, 0.2) is 0 Å². The maximum absolute atomic E-state index is 8.59. The van der Waals surface area contributed by atoms with Gasteiger partial charge in [-0.05, 0) is 19.4 Å². The summed E-state index contributed by atoms with van der Waals surface area (Å²) in [5.74, 6) is 0. The van der Waals surface area contributed by atoms with Gasteiger partial charge in [-0.15, -0.1) is 0 Å². The molecule has 80 valence electrons. The van der Waals surface area contributed by atoms with E-state index in [9.17, 15) is 0 Å². The SMILES string of the molecule is CCCCCC(CN)NCCCO. The van der Waals surface area contributed by atoms with E-state index >= 15 is 0 Å². The van der Waals surface area contributed by atoms with E-state index in [1.54, 1.807) is 0 Å². The Morgan fingerprint density at radius 3 is 2.62 bits per heavy atom. The molecule has 0 aromatic heterocycles. The Kier molecular flexibility index (Phi) is 9.87. The second kappa shape index (κ2) is 9.96. The average Bonchev–Trinajstić information content (AvgIpc) is 2.16. The molecule has 0 heterocycles. The maximum atomic E-state index is 8.59. The first-order valence-electron chi connectivity index (χ1n) is 5.39. The molecule has 1 atom stereocenters. The van der Waals surface area contributed by atoms with Gasteiger partial charge in [0.15, 0.2) is 0 Å². The zero-order chi connectivity index (χ0) is 9.94. The average molecular weight is 188 g/mol. The highest BCUT2D eigenvalue weighted by Gasteiger charge is 2.03. The molecule has 0 spiro atoms. The third-order valence-corrected chi connectivity index (χ3v) is 2.21. The van der Waals surface area contributed by atoms with Crippen LogP contribution in [0, 0.1) is 0 Å².